The molecule has 1 unspecified atom stereocenters. The molecule has 0 amide bonds. The summed E-state index contributed by atoms with van der Waals surface area (Å²) in [6.45, 7) is 3.28. The highest BCUT2D eigenvalue weighted by Crippen LogP contribution is 2.30. The summed E-state index contributed by atoms with van der Waals surface area (Å²) < 4.78 is 9.96. The maximum absolute atomic E-state index is 11.5. The van der Waals surface area contributed by atoms with Crippen molar-refractivity contribution in [3.63, 3.8) is 0 Å². The Morgan fingerprint density at radius 1 is 1.53 bits per heavy atom. The average Bonchev–Trinajstić information content (AvgIpc) is 2.27. The van der Waals surface area contributed by atoms with E-state index in [1.165, 1.54) is 0 Å². The molecule has 0 bridgehead atoms. The highest BCUT2D eigenvalue weighted by molar-refractivity contribution is 5.76. The van der Waals surface area contributed by atoms with Crippen molar-refractivity contribution in [1.82, 2.24) is 0 Å². The van der Waals surface area contributed by atoms with Crippen LogP contribution in [0.3, 0.4) is 0 Å². The zero-order valence-electron chi connectivity index (χ0n) is 9.76. The van der Waals surface area contributed by atoms with Gasteiger partial charge >= 0.3 is 5.97 Å². The lowest BCUT2D eigenvalue weighted by molar-refractivity contribution is -0.153. The molecule has 1 aromatic rings. The average molecular weight is 236 g/mol. The number of ether oxygens (including phenoxy) is 2. The van der Waals surface area contributed by atoms with Crippen LogP contribution in [0.1, 0.15) is 30.1 Å². The molecule has 17 heavy (non-hydrogen) atoms. The van der Waals surface area contributed by atoms with Crippen molar-refractivity contribution in [3.05, 3.63) is 35.4 Å². The summed E-state index contributed by atoms with van der Waals surface area (Å²) >= 11 is 0. The summed E-state index contributed by atoms with van der Waals surface area (Å²) in [7, 11) is 0. The van der Waals surface area contributed by atoms with E-state index < -0.39 is 12.1 Å². The van der Waals surface area contributed by atoms with Gasteiger partial charge in [-0.25, -0.2) is 4.79 Å². The van der Waals surface area contributed by atoms with Crippen LogP contribution in [0.5, 0.6) is 0 Å². The number of benzene rings is 1. The molecule has 0 saturated carbocycles. The van der Waals surface area contributed by atoms with Crippen LogP contribution in [-0.4, -0.2) is 30.9 Å². The lowest BCUT2D eigenvalue weighted by Crippen LogP contribution is -2.27. The summed E-state index contributed by atoms with van der Waals surface area (Å²) in [5.41, 5.74) is 1.60. The highest BCUT2D eigenvalue weighted by atomic mass is 16.5. The number of rotatable bonds is 4. The minimum atomic E-state index is -1.20. The third kappa shape index (κ3) is 2.48. The van der Waals surface area contributed by atoms with Crippen LogP contribution in [-0.2, 0) is 14.3 Å². The SMILES string of the molecule is CCOC(=O)C(O)c1ccccc1C1COC1. The Labute approximate surface area is 100 Å². The molecule has 0 aromatic heterocycles. The molecule has 92 valence electrons. The monoisotopic (exact) mass is 236 g/mol. The van der Waals surface area contributed by atoms with Gasteiger partial charge in [0.2, 0.25) is 0 Å². The molecular weight excluding hydrogens is 220 g/mol. The van der Waals surface area contributed by atoms with E-state index in [1.54, 1.807) is 19.1 Å². The number of esters is 1. The quantitative estimate of drug-likeness (QED) is 0.803. The Morgan fingerprint density at radius 2 is 2.24 bits per heavy atom. The van der Waals surface area contributed by atoms with E-state index in [9.17, 15) is 9.90 Å². The maximum Gasteiger partial charge on any atom is 0.339 e. The molecule has 4 heteroatoms. The molecule has 1 heterocycles. The van der Waals surface area contributed by atoms with Gasteiger partial charge in [0.05, 0.1) is 19.8 Å². The molecule has 1 aliphatic heterocycles. The zero-order chi connectivity index (χ0) is 12.3. The van der Waals surface area contributed by atoms with Crippen LogP contribution in [0.2, 0.25) is 0 Å². The van der Waals surface area contributed by atoms with E-state index >= 15 is 0 Å². The van der Waals surface area contributed by atoms with Gasteiger partial charge < -0.3 is 14.6 Å². The molecule has 1 saturated heterocycles. The molecule has 1 atom stereocenters. The highest BCUT2D eigenvalue weighted by Gasteiger charge is 2.28. The van der Waals surface area contributed by atoms with Gasteiger partial charge in [-0.3, -0.25) is 0 Å². The van der Waals surface area contributed by atoms with Gasteiger partial charge in [0.1, 0.15) is 0 Å². The number of carbonyl (C=O) groups is 1. The van der Waals surface area contributed by atoms with Crippen molar-refractivity contribution in [1.29, 1.82) is 0 Å². The van der Waals surface area contributed by atoms with Crippen LogP contribution in [0.15, 0.2) is 24.3 Å². The van der Waals surface area contributed by atoms with E-state index in [0.717, 1.165) is 5.56 Å². The van der Waals surface area contributed by atoms with Crippen LogP contribution < -0.4 is 0 Å². The molecule has 1 aromatic carbocycles. The molecule has 0 aliphatic carbocycles. The van der Waals surface area contributed by atoms with Crippen LogP contribution in [0.4, 0.5) is 0 Å². The van der Waals surface area contributed by atoms with Crippen LogP contribution >= 0.6 is 0 Å². The summed E-state index contributed by atoms with van der Waals surface area (Å²) in [5, 5.41) is 9.95. The molecule has 1 aliphatic rings. The van der Waals surface area contributed by atoms with Crippen molar-refractivity contribution in [2.24, 2.45) is 0 Å². The number of hydrogen-bond acceptors (Lipinski definition) is 4. The second-order valence-corrected chi connectivity index (χ2v) is 4.02. The van der Waals surface area contributed by atoms with Crippen LogP contribution in [0.25, 0.3) is 0 Å². The fourth-order valence-corrected chi connectivity index (χ4v) is 1.90. The van der Waals surface area contributed by atoms with E-state index in [2.05, 4.69) is 0 Å². The van der Waals surface area contributed by atoms with Crippen molar-refractivity contribution >= 4 is 5.97 Å². The predicted octanol–water partition coefficient (Wildman–Crippen LogP) is 1.40. The Bertz CT molecular complexity index is 398. The van der Waals surface area contributed by atoms with Gasteiger partial charge in [0.15, 0.2) is 6.10 Å². The summed E-state index contributed by atoms with van der Waals surface area (Å²) in [5.74, 6) is -0.324. The smallest absolute Gasteiger partial charge is 0.339 e. The van der Waals surface area contributed by atoms with Gasteiger partial charge in [0.25, 0.3) is 0 Å². The number of aliphatic hydroxyl groups excluding tert-OH is 1. The number of hydrogen-bond donors (Lipinski definition) is 1. The Hall–Kier alpha value is -1.39. The first-order chi connectivity index (χ1) is 8.24. The third-order valence-electron chi connectivity index (χ3n) is 2.88. The topological polar surface area (TPSA) is 55.8 Å². The molecular formula is C13H16O4. The summed E-state index contributed by atoms with van der Waals surface area (Å²) in [6, 6.07) is 7.38. The minimum Gasteiger partial charge on any atom is -0.464 e. The minimum absolute atomic E-state index is 0.268. The zero-order valence-corrected chi connectivity index (χ0v) is 9.76. The summed E-state index contributed by atoms with van der Waals surface area (Å²) in [6.07, 6.45) is -1.20. The largest absolute Gasteiger partial charge is 0.464 e. The second kappa shape index (κ2) is 5.29. The van der Waals surface area contributed by atoms with E-state index in [-0.39, 0.29) is 12.5 Å². The third-order valence-corrected chi connectivity index (χ3v) is 2.88. The van der Waals surface area contributed by atoms with Crippen molar-refractivity contribution < 1.29 is 19.4 Å². The van der Waals surface area contributed by atoms with Crippen molar-refractivity contribution in [2.45, 2.75) is 18.9 Å². The van der Waals surface area contributed by atoms with Gasteiger partial charge in [-0.1, -0.05) is 24.3 Å². The Kier molecular flexibility index (Phi) is 3.76. The molecule has 4 nitrogen and oxygen atoms in total. The lowest BCUT2D eigenvalue weighted by atomic mass is 9.90. The van der Waals surface area contributed by atoms with Crippen molar-refractivity contribution in [3.8, 4) is 0 Å². The molecule has 1 N–H and O–H groups in total. The first-order valence-electron chi connectivity index (χ1n) is 5.75. The fraction of sp³-hybridized carbons (Fsp3) is 0.462. The maximum atomic E-state index is 11.5. The van der Waals surface area contributed by atoms with Gasteiger partial charge in [0, 0.05) is 5.92 Å². The van der Waals surface area contributed by atoms with Gasteiger partial charge in [-0.15, -0.1) is 0 Å². The van der Waals surface area contributed by atoms with Gasteiger partial charge in [-0.2, -0.15) is 0 Å². The Morgan fingerprint density at radius 3 is 2.82 bits per heavy atom. The van der Waals surface area contributed by atoms with E-state index in [4.69, 9.17) is 9.47 Å². The lowest BCUT2D eigenvalue weighted by Gasteiger charge is -2.29. The van der Waals surface area contributed by atoms with E-state index in [0.29, 0.717) is 18.8 Å². The first-order valence-corrected chi connectivity index (χ1v) is 5.75. The number of carbonyl (C=O) groups excluding carboxylic acids is 1. The molecule has 0 radical (unpaired) electrons. The Balaban J connectivity index is 2.21. The second-order valence-electron chi connectivity index (χ2n) is 4.02. The number of aliphatic hydroxyl groups is 1. The standard InChI is InChI=1S/C13H16O4/c1-2-17-13(15)12(14)11-6-4-3-5-10(11)9-7-16-8-9/h3-6,9,12,14H,2,7-8H2,1H3. The van der Waals surface area contributed by atoms with Crippen LogP contribution in [0, 0.1) is 0 Å². The molecule has 2 rings (SSSR count). The molecule has 1 fully saturated rings. The first kappa shape index (κ1) is 12.1. The van der Waals surface area contributed by atoms with E-state index in [1.807, 2.05) is 12.1 Å². The predicted molar refractivity (Wildman–Crippen MR) is 61.6 cm³/mol. The van der Waals surface area contributed by atoms with Crippen molar-refractivity contribution in [2.75, 3.05) is 19.8 Å². The fourth-order valence-electron chi connectivity index (χ4n) is 1.90. The van der Waals surface area contributed by atoms with Gasteiger partial charge in [-0.05, 0) is 18.1 Å². The molecule has 0 spiro atoms. The summed E-state index contributed by atoms with van der Waals surface area (Å²) in [4.78, 5) is 11.5. The normalized spacial score (nSPS) is 17.3.